The van der Waals surface area contributed by atoms with E-state index in [1.807, 2.05) is 11.3 Å². The van der Waals surface area contributed by atoms with Crippen LogP contribution in [0.4, 0.5) is 45.5 Å². The van der Waals surface area contributed by atoms with Gasteiger partial charge in [0.1, 0.15) is 0 Å². The van der Waals surface area contributed by atoms with Crippen LogP contribution in [-0.4, -0.2) is 12.3 Å². The first-order valence-corrected chi connectivity index (χ1v) is 30.5. The molecule has 1 saturated carbocycles. The molecule has 0 saturated heterocycles. The number of hydrogen-bond acceptors (Lipinski definition) is 4. The van der Waals surface area contributed by atoms with Crippen molar-refractivity contribution in [2.75, 3.05) is 14.7 Å². The minimum Gasteiger partial charge on any atom is -0.334 e. The highest BCUT2D eigenvalue weighted by Crippen LogP contribution is 2.65. The van der Waals surface area contributed by atoms with Crippen molar-refractivity contribution >= 4 is 100 Å². The van der Waals surface area contributed by atoms with E-state index in [4.69, 9.17) is 0 Å². The van der Waals surface area contributed by atoms with Crippen LogP contribution in [0.3, 0.4) is 0 Å². The van der Waals surface area contributed by atoms with Gasteiger partial charge in [-0.15, -0.1) is 11.3 Å². The van der Waals surface area contributed by atoms with Crippen molar-refractivity contribution in [2.24, 2.45) is 0 Å². The smallest absolute Gasteiger partial charge is 0.252 e. The number of benzene rings is 8. The van der Waals surface area contributed by atoms with Crippen LogP contribution in [-0.2, 0) is 32.5 Å². The monoisotopic (exact) mass is 1050 g/mol. The Kier molecular flexibility index (Phi) is 9.22. The topological polar surface area (TPSA) is 9.72 Å². The molecule has 3 aliphatic carbocycles. The molecule has 3 atom stereocenters. The first-order valence-electron chi connectivity index (χ1n) is 29.7. The third-order valence-corrected chi connectivity index (χ3v) is 23.2. The van der Waals surface area contributed by atoms with E-state index in [0.29, 0.717) is 0 Å². The van der Waals surface area contributed by atoms with Crippen molar-refractivity contribution in [1.82, 2.24) is 0 Å². The van der Waals surface area contributed by atoms with Crippen LogP contribution in [0.5, 0.6) is 0 Å². The fourth-order valence-electron chi connectivity index (χ4n) is 18.2. The van der Waals surface area contributed by atoms with Gasteiger partial charge in [-0.1, -0.05) is 149 Å². The highest BCUT2D eigenvalue weighted by atomic mass is 32.1. The fraction of sp³-hybridized carbons (Fsp3) is 0.351. The van der Waals surface area contributed by atoms with Crippen LogP contribution in [0.15, 0.2) is 133 Å². The predicted octanol–water partition coefficient (Wildman–Crippen LogP) is 18.1. The van der Waals surface area contributed by atoms with E-state index >= 15 is 0 Å². The Morgan fingerprint density at radius 3 is 1.90 bits per heavy atom. The van der Waals surface area contributed by atoms with Gasteiger partial charge in [0.25, 0.3) is 6.71 Å². The summed E-state index contributed by atoms with van der Waals surface area (Å²) >= 11 is 1.91. The Morgan fingerprint density at radius 2 is 1.13 bits per heavy atom. The zero-order chi connectivity index (χ0) is 54.6. The number of hydrogen-bond donors (Lipinski definition) is 0. The highest BCUT2D eigenvalue weighted by molar-refractivity contribution is 7.25. The van der Waals surface area contributed by atoms with E-state index < -0.39 is 5.41 Å². The molecule has 0 radical (unpaired) electrons. The lowest BCUT2D eigenvalue weighted by atomic mass is 9.33. The van der Waals surface area contributed by atoms with Gasteiger partial charge < -0.3 is 14.7 Å². The molecular weight excluding hydrogens is 974 g/mol. The Morgan fingerprint density at radius 1 is 0.481 bits per heavy atom. The lowest BCUT2D eigenvalue weighted by molar-refractivity contribution is 0.195. The summed E-state index contributed by atoms with van der Waals surface area (Å²) in [6.45, 7) is 35.0. The van der Waals surface area contributed by atoms with E-state index in [9.17, 15) is 0 Å². The average molecular weight is 1050 g/mol. The Labute approximate surface area is 473 Å². The molecule has 1 fully saturated rings. The van der Waals surface area contributed by atoms with Gasteiger partial charge in [0, 0.05) is 81.9 Å². The summed E-state index contributed by atoms with van der Waals surface area (Å²) in [5.74, 6) is 0. The number of rotatable bonds is 1. The molecule has 0 N–H and O–H groups in total. The Balaban J connectivity index is 1.06. The summed E-state index contributed by atoms with van der Waals surface area (Å²) in [4.78, 5) is 8.34. The Bertz CT molecular complexity index is 4260. The molecule has 1 aromatic heterocycles. The fourth-order valence-corrected chi connectivity index (χ4v) is 19.3. The second kappa shape index (κ2) is 15.1. The standard InChI is InChI=1S/C74H74BN3S/c1-42-31-63-67-64(32-42)77-59-39-55-53(33-43(59)2)71(10,11)48-22-16-17-23-49(48)74(55,14)54-40-60-56(36-50(54)68(3,4)5)72(12)29-19-20-30-73(72,13)78(60)45-25-27-57(61(77)35-45)75(67)58-37-51-52(70(8,9)41-69(51,6)7)38-62(58)76(63)44-26-28-66-47(34-44)46-21-15-18-24-65(46)79-66/h15-18,21-28,31-40H,19-20,29-30,41H2,1-14H3. The quantitative estimate of drug-likeness (QED) is 0.152. The van der Waals surface area contributed by atoms with E-state index in [0.717, 1.165) is 12.8 Å². The second-order valence-electron chi connectivity index (χ2n) is 29.0. The number of anilines is 8. The zero-order valence-electron chi connectivity index (χ0n) is 49.1. The molecular formula is C74H74BN3S. The molecule has 4 aliphatic heterocycles. The molecule has 7 aliphatic rings. The van der Waals surface area contributed by atoms with Gasteiger partial charge in [-0.2, -0.15) is 0 Å². The van der Waals surface area contributed by atoms with Crippen LogP contribution < -0.4 is 31.1 Å². The summed E-state index contributed by atoms with van der Waals surface area (Å²) in [5, 5.41) is 2.66. The predicted molar refractivity (Wildman–Crippen MR) is 339 cm³/mol. The molecule has 79 heavy (non-hydrogen) atoms. The first-order chi connectivity index (χ1) is 37.5. The minimum absolute atomic E-state index is 0.0110. The van der Waals surface area contributed by atoms with Crippen molar-refractivity contribution in [2.45, 2.75) is 167 Å². The SMILES string of the molecule is Cc1cc2c3c(c1)N1c4cc5c(cc4C)C(C)(C)c4ccccc4C5(C)c4cc5c(cc4C(C)(C)C)C4(C)CCCCC4(C)N5c4ccc(c1c4)B3c1cc3c(cc1N2c1ccc2sc4ccccc4c2c1)C(C)(C)CC3(C)C. The zero-order valence-corrected chi connectivity index (χ0v) is 49.9. The third kappa shape index (κ3) is 5.91. The maximum absolute atomic E-state index is 2.89. The van der Waals surface area contributed by atoms with Crippen LogP contribution in [0, 0.1) is 13.8 Å². The molecule has 8 aromatic carbocycles. The number of fused-ring (bicyclic) bond motifs is 19. The normalized spacial score (nSPS) is 23.7. The molecule has 16 rings (SSSR count). The van der Waals surface area contributed by atoms with Gasteiger partial charge in [0.2, 0.25) is 0 Å². The van der Waals surface area contributed by atoms with Crippen LogP contribution >= 0.6 is 11.3 Å². The van der Waals surface area contributed by atoms with Gasteiger partial charge in [-0.3, -0.25) is 0 Å². The largest absolute Gasteiger partial charge is 0.334 e. The van der Waals surface area contributed by atoms with Gasteiger partial charge in [-0.25, -0.2) is 0 Å². The number of aryl methyl sites for hydroxylation is 2. The maximum Gasteiger partial charge on any atom is 0.252 e. The third-order valence-electron chi connectivity index (χ3n) is 22.1. The van der Waals surface area contributed by atoms with Gasteiger partial charge in [0.05, 0.1) is 5.54 Å². The number of nitrogens with zero attached hydrogens (tertiary/aromatic N) is 3. The lowest BCUT2D eigenvalue weighted by Crippen LogP contribution is -2.61. The summed E-state index contributed by atoms with van der Waals surface area (Å²) in [6.07, 6.45) is 5.94. The summed E-state index contributed by atoms with van der Waals surface area (Å²) < 4.78 is 2.67. The molecule has 0 spiro atoms. The van der Waals surface area contributed by atoms with E-state index in [1.165, 1.54) is 163 Å². The van der Waals surface area contributed by atoms with Gasteiger partial charge in [-0.05, 0) is 208 Å². The molecule has 5 heterocycles. The van der Waals surface area contributed by atoms with Crippen LogP contribution in [0.25, 0.3) is 20.2 Å². The average Bonchev–Trinajstić information content (AvgIpc) is 2.92. The van der Waals surface area contributed by atoms with E-state index in [-0.39, 0.29) is 39.3 Å². The van der Waals surface area contributed by atoms with E-state index in [1.54, 1.807) is 0 Å². The van der Waals surface area contributed by atoms with Crippen molar-refractivity contribution < 1.29 is 0 Å². The van der Waals surface area contributed by atoms with Crippen molar-refractivity contribution in [3.05, 3.63) is 195 Å². The molecule has 3 unspecified atom stereocenters. The second-order valence-corrected chi connectivity index (χ2v) is 30.1. The molecule has 0 amide bonds. The van der Waals surface area contributed by atoms with Crippen LogP contribution in [0.1, 0.15) is 176 Å². The lowest BCUT2D eigenvalue weighted by Gasteiger charge is -2.51. The highest BCUT2D eigenvalue weighted by Gasteiger charge is 2.60. The molecule has 3 nitrogen and oxygen atoms in total. The first kappa shape index (κ1) is 48.4. The summed E-state index contributed by atoms with van der Waals surface area (Å²) in [7, 11) is 0. The maximum atomic E-state index is 2.89. The van der Waals surface area contributed by atoms with Crippen LogP contribution in [0.2, 0.25) is 0 Å². The molecule has 5 heteroatoms. The Hall–Kier alpha value is -6.56. The van der Waals surface area contributed by atoms with Gasteiger partial charge >= 0.3 is 0 Å². The van der Waals surface area contributed by atoms with Crippen molar-refractivity contribution in [1.29, 1.82) is 0 Å². The van der Waals surface area contributed by atoms with Crippen molar-refractivity contribution in [3.8, 4) is 0 Å². The van der Waals surface area contributed by atoms with Gasteiger partial charge in [0.15, 0.2) is 0 Å². The minimum atomic E-state index is -0.468. The molecule has 9 aromatic rings. The number of thiophene rings is 1. The van der Waals surface area contributed by atoms with Crippen molar-refractivity contribution in [3.63, 3.8) is 0 Å². The molecule has 6 bridgehead atoms. The summed E-state index contributed by atoms with van der Waals surface area (Å²) in [6, 6.07) is 54.8. The van der Waals surface area contributed by atoms with E-state index in [2.05, 4.69) is 245 Å². The molecule has 394 valence electrons. The summed E-state index contributed by atoms with van der Waals surface area (Å²) in [5.41, 5.74) is 29.4.